The lowest BCUT2D eigenvalue weighted by Gasteiger charge is -2.04. The van der Waals surface area contributed by atoms with Crippen molar-refractivity contribution in [3.05, 3.63) is 29.8 Å². The second kappa shape index (κ2) is 4.66. The average molecular weight is 202 g/mol. The summed E-state index contributed by atoms with van der Waals surface area (Å²) in [4.78, 5) is 10.8. The van der Waals surface area contributed by atoms with E-state index in [1.54, 1.807) is 0 Å². The third-order valence-corrected chi connectivity index (χ3v) is 1.40. The molecule has 0 N–H and O–H groups in total. The van der Waals surface area contributed by atoms with Crippen molar-refractivity contribution in [2.75, 3.05) is 13.7 Å². The second-order valence-electron chi connectivity index (χ2n) is 2.46. The van der Waals surface area contributed by atoms with Crippen LogP contribution in [0.3, 0.4) is 0 Å². The predicted octanol–water partition coefficient (Wildman–Crippen LogP) is 1.52. The van der Waals surface area contributed by atoms with Crippen LogP contribution in [0.1, 0.15) is 0 Å². The van der Waals surface area contributed by atoms with E-state index in [-0.39, 0.29) is 6.61 Å². The van der Waals surface area contributed by atoms with Crippen LogP contribution in [-0.2, 0) is 9.53 Å². The Morgan fingerprint density at radius 1 is 1.36 bits per heavy atom. The highest BCUT2D eigenvalue weighted by molar-refractivity contribution is 5.73. The van der Waals surface area contributed by atoms with E-state index in [2.05, 4.69) is 9.47 Å². The third kappa shape index (κ3) is 2.50. The molecule has 0 aromatic heterocycles. The predicted molar refractivity (Wildman–Crippen MR) is 43.9 cm³/mol. The molecule has 5 heteroatoms. The van der Waals surface area contributed by atoms with Gasteiger partial charge in [-0.3, -0.25) is 0 Å². The molecule has 0 bridgehead atoms. The third-order valence-electron chi connectivity index (χ3n) is 1.40. The van der Waals surface area contributed by atoms with Gasteiger partial charge >= 0.3 is 5.97 Å². The Balaban J connectivity index is 2.80. The highest BCUT2D eigenvalue weighted by Crippen LogP contribution is 2.20. The summed E-state index contributed by atoms with van der Waals surface area (Å²) in [5.74, 6) is -3.39. The number of carbonyl (C=O) groups is 1. The molecular formula is C9H8F2O3. The Kier molecular flexibility index (Phi) is 3.53. The summed E-state index contributed by atoms with van der Waals surface area (Å²) in [6, 6.07) is 3.18. The minimum atomic E-state index is -0.922. The molecule has 1 rings (SSSR count). The zero-order valence-corrected chi connectivity index (χ0v) is 7.42. The van der Waals surface area contributed by atoms with E-state index in [1.807, 2.05) is 0 Å². The molecular weight excluding hydrogens is 194 g/mol. The number of carbonyl (C=O) groups excluding carboxylic acids is 1. The zero-order chi connectivity index (χ0) is 10.6. The number of ether oxygens (including phenoxy) is 2. The van der Waals surface area contributed by atoms with Crippen molar-refractivity contribution in [2.24, 2.45) is 0 Å². The topological polar surface area (TPSA) is 35.5 Å². The lowest BCUT2D eigenvalue weighted by molar-refractivity contribution is -0.138. The summed E-state index contributed by atoms with van der Waals surface area (Å²) >= 11 is 0. The van der Waals surface area contributed by atoms with Gasteiger partial charge in [-0.2, -0.15) is 0 Å². The molecule has 76 valence electrons. The first-order valence-electron chi connectivity index (χ1n) is 3.78. The van der Waals surface area contributed by atoms with Gasteiger partial charge in [-0.1, -0.05) is 6.07 Å². The van der Waals surface area contributed by atoms with E-state index in [0.29, 0.717) is 0 Å². The first-order valence-corrected chi connectivity index (χ1v) is 3.78. The van der Waals surface area contributed by atoms with Crippen LogP contribution >= 0.6 is 0 Å². The van der Waals surface area contributed by atoms with Crippen LogP contribution in [0.4, 0.5) is 8.78 Å². The molecule has 14 heavy (non-hydrogen) atoms. The van der Waals surface area contributed by atoms with E-state index >= 15 is 0 Å². The average Bonchev–Trinajstić information content (AvgIpc) is 2.12. The summed E-state index contributed by atoms with van der Waals surface area (Å²) in [5, 5.41) is 0. The molecule has 0 heterocycles. The van der Waals surface area contributed by atoms with Crippen LogP contribution in [0.5, 0.6) is 5.75 Å². The zero-order valence-electron chi connectivity index (χ0n) is 7.42. The van der Waals surface area contributed by atoms with Gasteiger partial charge in [0.15, 0.2) is 11.6 Å². The van der Waals surface area contributed by atoms with E-state index in [0.717, 1.165) is 12.1 Å². The Labute approximate surface area is 79.2 Å². The number of rotatable bonds is 3. The SMILES string of the molecule is COCC(=O)Oc1c(F)cccc1F. The van der Waals surface area contributed by atoms with Crippen LogP contribution in [0.15, 0.2) is 18.2 Å². The molecule has 3 nitrogen and oxygen atoms in total. The molecule has 0 aliphatic rings. The molecule has 0 saturated heterocycles. The largest absolute Gasteiger partial charge is 0.419 e. The molecule has 0 saturated carbocycles. The Morgan fingerprint density at radius 3 is 2.43 bits per heavy atom. The number of para-hydroxylation sites is 1. The molecule has 1 aromatic carbocycles. The maximum absolute atomic E-state index is 12.9. The number of esters is 1. The molecule has 0 spiro atoms. The van der Waals surface area contributed by atoms with Gasteiger partial charge in [0, 0.05) is 7.11 Å². The lowest BCUT2D eigenvalue weighted by Crippen LogP contribution is -2.15. The Bertz CT molecular complexity index is 319. The maximum Gasteiger partial charge on any atom is 0.337 e. The fourth-order valence-electron chi connectivity index (χ4n) is 0.841. The highest BCUT2D eigenvalue weighted by Gasteiger charge is 2.13. The fourth-order valence-corrected chi connectivity index (χ4v) is 0.841. The van der Waals surface area contributed by atoms with Gasteiger partial charge in [0.25, 0.3) is 0 Å². The number of hydrogen-bond acceptors (Lipinski definition) is 3. The Hall–Kier alpha value is -1.49. The van der Waals surface area contributed by atoms with Gasteiger partial charge in [0.2, 0.25) is 5.75 Å². The quantitative estimate of drug-likeness (QED) is 0.550. The van der Waals surface area contributed by atoms with Crippen LogP contribution in [0.2, 0.25) is 0 Å². The first kappa shape index (κ1) is 10.6. The monoisotopic (exact) mass is 202 g/mol. The summed E-state index contributed by atoms with van der Waals surface area (Å²) in [7, 11) is 1.28. The number of methoxy groups -OCH3 is 1. The van der Waals surface area contributed by atoms with Crippen molar-refractivity contribution in [1.29, 1.82) is 0 Å². The van der Waals surface area contributed by atoms with E-state index in [1.165, 1.54) is 13.2 Å². The van der Waals surface area contributed by atoms with Crippen molar-refractivity contribution in [3.63, 3.8) is 0 Å². The second-order valence-corrected chi connectivity index (χ2v) is 2.46. The summed E-state index contributed by atoms with van der Waals surface area (Å²) in [5.41, 5.74) is 0. The number of halogens is 2. The van der Waals surface area contributed by atoms with Gasteiger partial charge in [-0.15, -0.1) is 0 Å². The van der Waals surface area contributed by atoms with Crippen LogP contribution in [-0.4, -0.2) is 19.7 Å². The minimum absolute atomic E-state index is 0.353. The maximum atomic E-state index is 12.9. The summed E-state index contributed by atoms with van der Waals surface area (Å²) < 4.78 is 34.6. The number of hydrogen-bond donors (Lipinski definition) is 0. The van der Waals surface area contributed by atoms with Gasteiger partial charge in [0.05, 0.1) is 0 Å². The minimum Gasteiger partial charge on any atom is -0.419 e. The fraction of sp³-hybridized carbons (Fsp3) is 0.222. The van der Waals surface area contributed by atoms with Crippen molar-refractivity contribution in [2.45, 2.75) is 0 Å². The smallest absolute Gasteiger partial charge is 0.337 e. The molecule has 0 unspecified atom stereocenters. The molecule has 1 aromatic rings. The van der Waals surface area contributed by atoms with Gasteiger partial charge in [0.1, 0.15) is 6.61 Å². The van der Waals surface area contributed by atoms with Gasteiger partial charge in [-0.25, -0.2) is 13.6 Å². The van der Waals surface area contributed by atoms with Crippen LogP contribution in [0, 0.1) is 11.6 Å². The van der Waals surface area contributed by atoms with Crippen molar-refractivity contribution >= 4 is 5.97 Å². The molecule has 0 aliphatic heterocycles. The van der Waals surface area contributed by atoms with E-state index < -0.39 is 23.4 Å². The van der Waals surface area contributed by atoms with Gasteiger partial charge < -0.3 is 9.47 Å². The molecule has 0 amide bonds. The molecule has 0 fully saturated rings. The molecule has 0 atom stereocenters. The van der Waals surface area contributed by atoms with E-state index in [4.69, 9.17) is 0 Å². The van der Waals surface area contributed by atoms with E-state index in [9.17, 15) is 13.6 Å². The van der Waals surface area contributed by atoms with Gasteiger partial charge in [-0.05, 0) is 12.1 Å². The normalized spacial score (nSPS) is 9.93. The highest BCUT2D eigenvalue weighted by atomic mass is 19.1. The Morgan fingerprint density at radius 2 is 1.93 bits per heavy atom. The van der Waals surface area contributed by atoms with Crippen LogP contribution < -0.4 is 4.74 Å². The first-order chi connectivity index (χ1) is 6.65. The molecule has 0 aliphatic carbocycles. The van der Waals surface area contributed by atoms with Crippen molar-refractivity contribution in [1.82, 2.24) is 0 Å². The summed E-state index contributed by atoms with van der Waals surface area (Å²) in [6.45, 7) is -0.353. The van der Waals surface area contributed by atoms with Crippen LogP contribution in [0.25, 0.3) is 0 Å². The number of benzene rings is 1. The lowest BCUT2D eigenvalue weighted by atomic mass is 10.3. The van der Waals surface area contributed by atoms with Crippen molar-refractivity contribution < 1.29 is 23.0 Å². The molecule has 0 radical (unpaired) electrons. The summed E-state index contributed by atoms with van der Waals surface area (Å²) in [6.07, 6.45) is 0. The van der Waals surface area contributed by atoms with Crippen molar-refractivity contribution in [3.8, 4) is 5.75 Å². The standard InChI is InChI=1S/C9H8F2O3/c1-13-5-8(12)14-9-6(10)3-2-4-7(9)11/h2-4H,5H2,1H3.